The van der Waals surface area contributed by atoms with Crippen LogP contribution in [-0.2, 0) is 0 Å². The van der Waals surface area contributed by atoms with Gasteiger partial charge >= 0.3 is 0 Å². The lowest BCUT2D eigenvalue weighted by molar-refractivity contribution is 0.342. The molecule has 1 aliphatic rings. The van der Waals surface area contributed by atoms with Gasteiger partial charge in [0.05, 0.1) is 0 Å². The Bertz CT molecular complexity index is 119. The van der Waals surface area contributed by atoms with Crippen LogP contribution in [0.5, 0.6) is 0 Å². The standard InChI is InChI=1S/C11H24N2/c1-3-10(2)13-9-6-11-4-7-12-8-5-11/h10-13H,3-9H2,1-2H3. The van der Waals surface area contributed by atoms with E-state index in [-0.39, 0.29) is 0 Å². The van der Waals surface area contributed by atoms with Gasteiger partial charge in [0.1, 0.15) is 0 Å². The van der Waals surface area contributed by atoms with Crippen molar-refractivity contribution in [1.82, 2.24) is 10.6 Å². The van der Waals surface area contributed by atoms with Gasteiger partial charge in [-0.2, -0.15) is 0 Å². The minimum Gasteiger partial charge on any atom is -0.317 e. The molecule has 13 heavy (non-hydrogen) atoms. The van der Waals surface area contributed by atoms with Crippen molar-refractivity contribution in [2.24, 2.45) is 5.92 Å². The maximum atomic E-state index is 3.56. The molecule has 1 rings (SSSR count). The summed E-state index contributed by atoms with van der Waals surface area (Å²) < 4.78 is 0. The summed E-state index contributed by atoms with van der Waals surface area (Å²) in [5.74, 6) is 0.970. The van der Waals surface area contributed by atoms with E-state index in [0.29, 0.717) is 6.04 Å². The second-order valence-electron chi connectivity index (χ2n) is 4.25. The van der Waals surface area contributed by atoms with Crippen LogP contribution in [0.4, 0.5) is 0 Å². The Labute approximate surface area is 82.5 Å². The van der Waals surface area contributed by atoms with E-state index in [2.05, 4.69) is 24.5 Å². The summed E-state index contributed by atoms with van der Waals surface area (Å²) in [6.07, 6.45) is 5.36. The van der Waals surface area contributed by atoms with E-state index >= 15 is 0 Å². The van der Waals surface area contributed by atoms with Crippen LogP contribution in [0.3, 0.4) is 0 Å². The van der Waals surface area contributed by atoms with E-state index in [1.54, 1.807) is 0 Å². The van der Waals surface area contributed by atoms with Gasteiger partial charge < -0.3 is 10.6 Å². The zero-order valence-corrected chi connectivity index (χ0v) is 9.10. The third kappa shape index (κ3) is 4.63. The van der Waals surface area contributed by atoms with E-state index in [1.165, 1.54) is 45.3 Å². The van der Waals surface area contributed by atoms with Gasteiger partial charge in [0.25, 0.3) is 0 Å². The van der Waals surface area contributed by atoms with Crippen LogP contribution >= 0.6 is 0 Å². The second-order valence-corrected chi connectivity index (χ2v) is 4.25. The van der Waals surface area contributed by atoms with Crippen LogP contribution in [-0.4, -0.2) is 25.7 Å². The molecule has 2 nitrogen and oxygen atoms in total. The van der Waals surface area contributed by atoms with Gasteiger partial charge in [-0.25, -0.2) is 0 Å². The third-order valence-corrected chi connectivity index (χ3v) is 3.12. The van der Waals surface area contributed by atoms with Gasteiger partial charge in [-0.15, -0.1) is 0 Å². The average Bonchev–Trinajstić information content (AvgIpc) is 2.19. The summed E-state index contributed by atoms with van der Waals surface area (Å²) in [6.45, 7) is 8.17. The van der Waals surface area contributed by atoms with Crippen molar-refractivity contribution in [3.05, 3.63) is 0 Å². The number of rotatable bonds is 5. The van der Waals surface area contributed by atoms with Crippen molar-refractivity contribution in [2.45, 2.75) is 45.6 Å². The molecule has 0 spiro atoms. The number of piperidine rings is 1. The van der Waals surface area contributed by atoms with Gasteiger partial charge in [-0.05, 0) is 58.2 Å². The molecule has 0 aromatic carbocycles. The molecule has 1 atom stereocenters. The molecule has 0 bridgehead atoms. The summed E-state index contributed by atoms with van der Waals surface area (Å²) >= 11 is 0. The Morgan fingerprint density at radius 2 is 2.08 bits per heavy atom. The normalized spacial score (nSPS) is 21.7. The molecule has 1 fully saturated rings. The molecule has 78 valence electrons. The number of hydrogen-bond donors (Lipinski definition) is 2. The molecule has 1 heterocycles. The average molecular weight is 184 g/mol. The second kappa shape index (κ2) is 6.39. The van der Waals surface area contributed by atoms with Crippen LogP contribution < -0.4 is 10.6 Å². The van der Waals surface area contributed by atoms with Crippen molar-refractivity contribution in [2.75, 3.05) is 19.6 Å². The zero-order chi connectivity index (χ0) is 9.52. The maximum Gasteiger partial charge on any atom is 0.00361 e. The Morgan fingerprint density at radius 3 is 2.69 bits per heavy atom. The molecule has 1 saturated heterocycles. The molecule has 1 unspecified atom stereocenters. The molecule has 0 saturated carbocycles. The summed E-state index contributed by atoms with van der Waals surface area (Å²) in [4.78, 5) is 0. The minimum absolute atomic E-state index is 0.696. The molecule has 0 aromatic heterocycles. The summed E-state index contributed by atoms with van der Waals surface area (Å²) in [5, 5.41) is 6.96. The molecule has 2 N–H and O–H groups in total. The van der Waals surface area contributed by atoms with E-state index in [0.717, 1.165) is 5.92 Å². The molecule has 1 aliphatic heterocycles. The van der Waals surface area contributed by atoms with Crippen molar-refractivity contribution < 1.29 is 0 Å². The van der Waals surface area contributed by atoms with Gasteiger partial charge in [0.15, 0.2) is 0 Å². The summed E-state index contributed by atoms with van der Waals surface area (Å²) in [7, 11) is 0. The molecular weight excluding hydrogens is 160 g/mol. The lowest BCUT2D eigenvalue weighted by Gasteiger charge is -2.23. The Morgan fingerprint density at radius 1 is 1.38 bits per heavy atom. The van der Waals surface area contributed by atoms with Gasteiger partial charge in [0, 0.05) is 6.04 Å². The van der Waals surface area contributed by atoms with E-state index in [9.17, 15) is 0 Å². The predicted molar refractivity (Wildman–Crippen MR) is 58.0 cm³/mol. The van der Waals surface area contributed by atoms with Crippen molar-refractivity contribution in [3.63, 3.8) is 0 Å². The molecule has 0 aliphatic carbocycles. The SMILES string of the molecule is CCC(C)NCCC1CCNCC1. The summed E-state index contributed by atoms with van der Waals surface area (Å²) in [6, 6.07) is 0.696. The fraction of sp³-hybridized carbons (Fsp3) is 1.00. The highest BCUT2D eigenvalue weighted by molar-refractivity contribution is 4.70. The van der Waals surface area contributed by atoms with Gasteiger partial charge in [-0.3, -0.25) is 0 Å². The van der Waals surface area contributed by atoms with Crippen LogP contribution in [0.25, 0.3) is 0 Å². The Kier molecular flexibility index (Phi) is 5.40. The quantitative estimate of drug-likeness (QED) is 0.680. The highest BCUT2D eigenvalue weighted by Gasteiger charge is 2.12. The van der Waals surface area contributed by atoms with Crippen molar-refractivity contribution >= 4 is 0 Å². The lowest BCUT2D eigenvalue weighted by atomic mass is 9.94. The first-order valence-electron chi connectivity index (χ1n) is 5.77. The predicted octanol–water partition coefficient (Wildman–Crippen LogP) is 1.76. The van der Waals surface area contributed by atoms with E-state index in [1.807, 2.05) is 0 Å². The highest BCUT2D eigenvalue weighted by Crippen LogP contribution is 2.14. The Hall–Kier alpha value is -0.0800. The van der Waals surface area contributed by atoms with Crippen LogP contribution in [0, 0.1) is 5.92 Å². The Balaban J connectivity index is 1.98. The van der Waals surface area contributed by atoms with E-state index in [4.69, 9.17) is 0 Å². The lowest BCUT2D eigenvalue weighted by Crippen LogP contribution is -2.32. The van der Waals surface area contributed by atoms with Gasteiger partial charge in [0.2, 0.25) is 0 Å². The number of hydrogen-bond acceptors (Lipinski definition) is 2. The third-order valence-electron chi connectivity index (χ3n) is 3.12. The fourth-order valence-electron chi connectivity index (χ4n) is 1.85. The largest absolute Gasteiger partial charge is 0.317 e. The monoisotopic (exact) mass is 184 g/mol. The maximum absolute atomic E-state index is 3.56. The van der Waals surface area contributed by atoms with Crippen LogP contribution in [0.1, 0.15) is 39.5 Å². The number of nitrogens with one attached hydrogen (secondary N) is 2. The zero-order valence-electron chi connectivity index (χ0n) is 9.10. The van der Waals surface area contributed by atoms with Crippen LogP contribution in [0.2, 0.25) is 0 Å². The molecular formula is C11H24N2. The fourth-order valence-corrected chi connectivity index (χ4v) is 1.85. The smallest absolute Gasteiger partial charge is 0.00361 e. The highest BCUT2D eigenvalue weighted by atomic mass is 14.9. The summed E-state index contributed by atoms with van der Waals surface area (Å²) in [5.41, 5.74) is 0. The molecule has 0 radical (unpaired) electrons. The molecule has 2 heteroatoms. The first-order chi connectivity index (χ1) is 6.33. The first kappa shape index (κ1) is 11.0. The van der Waals surface area contributed by atoms with E-state index < -0.39 is 0 Å². The topological polar surface area (TPSA) is 24.1 Å². The van der Waals surface area contributed by atoms with Gasteiger partial charge in [-0.1, -0.05) is 6.92 Å². The van der Waals surface area contributed by atoms with Crippen molar-refractivity contribution in [3.8, 4) is 0 Å². The minimum atomic E-state index is 0.696. The van der Waals surface area contributed by atoms with Crippen molar-refractivity contribution in [1.29, 1.82) is 0 Å². The molecule has 0 amide bonds. The van der Waals surface area contributed by atoms with Crippen LogP contribution in [0.15, 0.2) is 0 Å². The first-order valence-corrected chi connectivity index (χ1v) is 5.77. The molecule has 0 aromatic rings.